The summed E-state index contributed by atoms with van der Waals surface area (Å²) in [5.74, 6) is -4.47. The number of Topliss-reactive ketones (excluding diaryl/α,β-unsaturated/α-hetero) is 1. The van der Waals surface area contributed by atoms with Crippen molar-refractivity contribution in [2.24, 2.45) is 45.3 Å². The highest BCUT2D eigenvalue weighted by Crippen LogP contribution is 2.79. The predicted octanol–water partition coefficient (Wildman–Crippen LogP) is 3.45. The van der Waals surface area contributed by atoms with Crippen LogP contribution in [0.5, 0.6) is 0 Å². The fourth-order valence-electron chi connectivity index (χ4n) is 9.24. The number of allylic oxidation sites excluding steroid dienone is 4. The zero-order valence-electron chi connectivity index (χ0n) is 18.4. The number of carboxylic acid groups (broad SMARTS) is 2. The van der Waals surface area contributed by atoms with Gasteiger partial charge < -0.3 is 15.3 Å². The number of ketones is 1. The monoisotopic (exact) mass is 428 g/mol. The van der Waals surface area contributed by atoms with Gasteiger partial charge >= 0.3 is 11.9 Å². The first kappa shape index (κ1) is 20.9. The third kappa shape index (κ3) is 2.15. The van der Waals surface area contributed by atoms with Gasteiger partial charge in [-0.1, -0.05) is 37.6 Å². The molecule has 0 radical (unpaired) electrons. The Morgan fingerprint density at radius 1 is 1.00 bits per heavy atom. The molecule has 6 aliphatic rings. The summed E-state index contributed by atoms with van der Waals surface area (Å²) >= 11 is 0. The number of fused-ring (bicyclic) bond motifs is 2. The Hall–Kier alpha value is -1.95. The van der Waals surface area contributed by atoms with Gasteiger partial charge in [-0.15, -0.1) is 0 Å². The molecule has 6 aliphatic carbocycles. The minimum Gasteiger partial charge on any atom is -0.481 e. The molecule has 2 spiro atoms. The number of carbonyl (C=O) groups is 3. The number of aliphatic carboxylic acids is 2. The van der Waals surface area contributed by atoms with Gasteiger partial charge in [0.2, 0.25) is 0 Å². The lowest BCUT2D eigenvalue weighted by molar-refractivity contribution is -0.195. The molecule has 6 nitrogen and oxygen atoms in total. The molecule has 31 heavy (non-hydrogen) atoms. The molecule has 0 heterocycles. The van der Waals surface area contributed by atoms with Crippen LogP contribution in [-0.4, -0.2) is 39.1 Å². The van der Waals surface area contributed by atoms with Crippen molar-refractivity contribution >= 4 is 17.7 Å². The summed E-state index contributed by atoms with van der Waals surface area (Å²) in [5, 5.41) is 31.4. The Bertz CT molecular complexity index is 950. The summed E-state index contributed by atoms with van der Waals surface area (Å²) in [4.78, 5) is 38.0. The van der Waals surface area contributed by atoms with Crippen LogP contribution < -0.4 is 0 Å². The van der Waals surface area contributed by atoms with Crippen molar-refractivity contribution in [3.05, 3.63) is 23.8 Å². The Morgan fingerprint density at radius 3 is 2.29 bits per heavy atom. The molecular weight excluding hydrogens is 396 g/mol. The van der Waals surface area contributed by atoms with Gasteiger partial charge in [-0.3, -0.25) is 14.4 Å². The first-order valence-electron chi connectivity index (χ1n) is 11.5. The van der Waals surface area contributed by atoms with Crippen molar-refractivity contribution in [1.29, 1.82) is 0 Å². The first-order valence-corrected chi connectivity index (χ1v) is 11.5. The molecule has 0 aromatic rings. The number of hydrogen-bond acceptors (Lipinski definition) is 4. The van der Waals surface area contributed by atoms with Gasteiger partial charge in [-0.2, -0.15) is 0 Å². The van der Waals surface area contributed by atoms with E-state index in [9.17, 15) is 29.7 Å². The van der Waals surface area contributed by atoms with E-state index in [1.54, 1.807) is 6.92 Å². The second-order valence-electron chi connectivity index (χ2n) is 11.3. The second-order valence-corrected chi connectivity index (χ2v) is 11.3. The predicted molar refractivity (Wildman–Crippen MR) is 112 cm³/mol. The van der Waals surface area contributed by atoms with E-state index in [0.717, 1.165) is 18.4 Å². The van der Waals surface area contributed by atoms with Crippen molar-refractivity contribution in [1.82, 2.24) is 0 Å². The SMILES string of the molecule is CC(=O)[C@H]1CC[C@@H]2[C@]1(C)CC=C1[C@]23C=C[C@]2(C[C@H](O)CC[C@@]12C)[C@H](C(=O)O)[C@@H]3C(=O)O. The zero-order chi connectivity index (χ0) is 22.6. The first-order chi connectivity index (χ1) is 14.5. The maximum atomic E-state index is 12.8. The number of hydrogen-bond donors (Lipinski definition) is 3. The second kappa shape index (κ2) is 6.09. The Kier molecular flexibility index (Phi) is 4.11. The molecule has 9 atom stereocenters. The topological polar surface area (TPSA) is 112 Å². The lowest BCUT2D eigenvalue weighted by atomic mass is 9.30. The van der Waals surface area contributed by atoms with Crippen molar-refractivity contribution in [2.75, 3.05) is 0 Å². The van der Waals surface area contributed by atoms with Crippen LogP contribution in [0.2, 0.25) is 0 Å². The number of aliphatic hydroxyl groups is 1. The highest BCUT2D eigenvalue weighted by molar-refractivity contribution is 5.86. The summed E-state index contributed by atoms with van der Waals surface area (Å²) in [6.07, 6.45) is 9.16. The van der Waals surface area contributed by atoms with Crippen LogP contribution in [0.25, 0.3) is 0 Å². The molecule has 3 fully saturated rings. The molecular formula is C25H32O6. The molecule has 0 aliphatic heterocycles. The van der Waals surface area contributed by atoms with Crippen molar-refractivity contribution in [2.45, 2.75) is 65.4 Å². The van der Waals surface area contributed by atoms with Crippen LogP contribution >= 0.6 is 0 Å². The molecule has 2 bridgehead atoms. The largest absolute Gasteiger partial charge is 0.481 e. The molecule has 0 aromatic carbocycles. The van der Waals surface area contributed by atoms with E-state index >= 15 is 0 Å². The van der Waals surface area contributed by atoms with Gasteiger partial charge in [0.15, 0.2) is 0 Å². The van der Waals surface area contributed by atoms with E-state index in [-0.39, 0.29) is 29.5 Å². The van der Waals surface area contributed by atoms with Gasteiger partial charge in [0.25, 0.3) is 0 Å². The van der Waals surface area contributed by atoms with Crippen LogP contribution in [0.3, 0.4) is 0 Å². The Labute approximate surface area is 182 Å². The number of carbonyl (C=O) groups excluding carboxylic acids is 1. The van der Waals surface area contributed by atoms with Crippen molar-refractivity contribution < 1.29 is 29.7 Å². The lowest BCUT2D eigenvalue weighted by Crippen LogP contribution is -2.70. The molecule has 6 rings (SSSR count). The molecule has 0 amide bonds. The van der Waals surface area contributed by atoms with Gasteiger partial charge in [0.05, 0.1) is 17.9 Å². The van der Waals surface area contributed by atoms with Gasteiger partial charge in [-0.25, -0.2) is 0 Å². The quantitative estimate of drug-likeness (QED) is 0.594. The Balaban J connectivity index is 1.82. The highest BCUT2D eigenvalue weighted by Gasteiger charge is 2.77. The minimum atomic E-state index is -1.11. The van der Waals surface area contributed by atoms with Crippen LogP contribution in [0.15, 0.2) is 23.8 Å². The van der Waals surface area contributed by atoms with E-state index in [1.165, 1.54) is 0 Å². The lowest BCUT2D eigenvalue weighted by Gasteiger charge is -2.72. The molecule has 0 saturated heterocycles. The van der Waals surface area contributed by atoms with Crippen LogP contribution in [0, 0.1) is 45.3 Å². The zero-order valence-corrected chi connectivity index (χ0v) is 18.4. The fourth-order valence-corrected chi connectivity index (χ4v) is 9.24. The standard InChI is InChI=1S/C25H32O6/c1-13(26)15-4-5-16-22(15,2)8-7-17-23(3)9-6-14(27)12-24(23)10-11-25(16,17)19(21(30)31)18(24)20(28)29/h7,10-11,14-16,18-19,27H,4-6,8-9,12H2,1-3H3,(H,28,29)(H,30,31)/t14-,15-,16-,18+,19-,22-,23+,24+,25+/m1/s1. The van der Waals surface area contributed by atoms with Gasteiger partial charge in [0.1, 0.15) is 5.78 Å². The van der Waals surface area contributed by atoms with Crippen molar-refractivity contribution in [3.63, 3.8) is 0 Å². The normalized spacial score (nSPS) is 52.0. The molecule has 6 heteroatoms. The van der Waals surface area contributed by atoms with E-state index in [0.29, 0.717) is 19.3 Å². The fraction of sp³-hybridized carbons (Fsp3) is 0.720. The molecule has 0 aromatic heterocycles. The summed E-state index contributed by atoms with van der Waals surface area (Å²) in [6.45, 7) is 5.82. The maximum Gasteiger partial charge on any atom is 0.308 e. The minimum absolute atomic E-state index is 0.0879. The van der Waals surface area contributed by atoms with E-state index in [4.69, 9.17) is 0 Å². The number of rotatable bonds is 3. The van der Waals surface area contributed by atoms with E-state index in [2.05, 4.69) is 19.9 Å². The highest BCUT2D eigenvalue weighted by atomic mass is 16.4. The van der Waals surface area contributed by atoms with Crippen LogP contribution in [-0.2, 0) is 14.4 Å². The smallest absolute Gasteiger partial charge is 0.308 e. The summed E-state index contributed by atoms with van der Waals surface area (Å²) in [5.41, 5.74) is -1.64. The summed E-state index contributed by atoms with van der Waals surface area (Å²) < 4.78 is 0. The summed E-state index contributed by atoms with van der Waals surface area (Å²) in [6, 6.07) is 0. The number of carboxylic acids is 2. The van der Waals surface area contributed by atoms with Crippen LogP contribution in [0.1, 0.15) is 59.3 Å². The van der Waals surface area contributed by atoms with Gasteiger partial charge in [-0.05, 0) is 62.2 Å². The van der Waals surface area contributed by atoms with E-state index < -0.39 is 46.1 Å². The average molecular weight is 429 g/mol. The van der Waals surface area contributed by atoms with Gasteiger partial charge in [0, 0.05) is 16.7 Å². The maximum absolute atomic E-state index is 12.8. The van der Waals surface area contributed by atoms with Crippen molar-refractivity contribution in [3.8, 4) is 0 Å². The molecule has 3 saturated carbocycles. The molecule has 0 unspecified atom stereocenters. The molecule has 3 N–H and O–H groups in total. The average Bonchev–Trinajstić information content (AvgIpc) is 3.04. The third-order valence-electron chi connectivity index (χ3n) is 10.4. The number of aliphatic hydroxyl groups excluding tert-OH is 1. The van der Waals surface area contributed by atoms with Crippen LogP contribution in [0.4, 0.5) is 0 Å². The Morgan fingerprint density at radius 2 is 1.68 bits per heavy atom. The third-order valence-corrected chi connectivity index (χ3v) is 10.4. The summed E-state index contributed by atoms with van der Waals surface area (Å²) in [7, 11) is 0. The molecule has 168 valence electrons. The van der Waals surface area contributed by atoms with E-state index in [1.807, 2.05) is 12.2 Å².